The van der Waals surface area contributed by atoms with Crippen LogP contribution in [0, 0.1) is 0 Å². The van der Waals surface area contributed by atoms with Gasteiger partial charge in [-0.15, -0.1) is 0 Å². The maximum atomic E-state index is 12.7. The molecule has 0 fully saturated rings. The number of carbonyl (C=O) groups excluding carboxylic acids is 1. The standard InChI is InChI=1S/C21H15N3O4/c25-16-11-7-14(8-12-16)22-19(26)13-5-9-15(10-6-13)24-20(27)17-3-1-2-4-18(17)23-21(24)28/h1-12,25H,(H,22,26)(H,23,28). The largest absolute Gasteiger partial charge is 0.508 e. The van der Waals surface area contributed by atoms with E-state index < -0.39 is 11.2 Å². The minimum Gasteiger partial charge on any atom is -0.508 e. The van der Waals surface area contributed by atoms with Crippen LogP contribution in [-0.2, 0) is 0 Å². The van der Waals surface area contributed by atoms with E-state index in [9.17, 15) is 19.5 Å². The number of rotatable bonds is 3. The summed E-state index contributed by atoms with van der Waals surface area (Å²) < 4.78 is 1.03. The topological polar surface area (TPSA) is 104 Å². The number of fused-ring (bicyclic) bond motifs is 1. The number of hydrogen-bond donors (Lipinski definition) is 3. The van der Waals surface area contributed by atoms with Crippen LogP contribution in [0.15, 0.2) is 82.4 Å². The van der Waals surface area contributed by atoms with E-state index in [-0.39, 0.29) is 11.7 Å². The van der Waals surface area contributed by atoms with Crippen molar-refractivity contribution < 1.29 is 9.90 Å². The highest BCUT2D eigenvalue weighted by molar-refractivity contribution is 6.04. The summed E-state index contributed by atoms with van der Waals surface area (Å²) in [5.74, 6) is -0.245. The lowest BCUT2D eigenvalue weighted by Gasteiger charge is -2.08. The number of carbonyl (C=O) groups is 1. The van der Waals surface area contributed by atoms with Crippen molar-refractivity contribution in [3.05, 3.63) is 99.2 Å². The Morgan fingerprint density at radius 3 is 2.29 bits per heavy atom. The van der Waals surface area contributed by atoms with Crippen LogP contribution in [0.1, 0.15) is 10.4 Å². The van der Waals surface area contributed by atoms with Gasteiger partial charge in [0.05, 0.1) is 16.6 Å². The van der Waals surface area contributed by atoms with Crippen molar-refractivity contribution >= 4 is 22.5 Å². The minimum atomic E-state index is -0.551. The van der Waals surface area contributed by atoms with Crippen molar-refractivity contribution in [2.24, 2.45) is 0 Å². The Labute approximate surface area is 158 Å². The second kappa shape index (κ2) is 6.88. The van der Waals surface area contributed by atoms with Gasteiger partial charge >= 0.3 is 5.69 Å². The highest BCUT2D eigenvalue weighted by Crippen LogP contribution is 2.15. The predicted molar refractivity (Wildman–Crippen MR) is 106 cm³/mol. The summed E-state index contributed by atoms with van der Waals surface area (Å²) in [4.78, 5) is 40.1. The lowest BCUT2D eigenvalue weighted by atomic mass is 10.1. The normalized spacial score (nSPS) is 10.7. The molecule has 0 bridgehead atoms. The van der Waals surface area contributed by atoms with Gasteiger partial charge in [-0.05, 0) is 60.7 Å². The molecule has 0 saturated carbocycles. The number of phenols is 1. The molecule has 7 heteroatoms. The molecule has 1 aromatic heterocycles. The van der Waals surface area contributed by atoms with Gasteiger partial charge in [-0.1, -0.05) is 12.1 Å². The Balaban J connectivity index is 1.66. The van der Waals surface area contributed by atoms with Gasteiger partial charge in [-0.3, -0.25) is 9.59 Å². The Morgan fingerprint density at radius 2 is 1.57 bits per heavy atom. The number of para-hydroxylation sites is 1. The Morgan fingerprint density at radius 1 is 0.893 bits per heavy atom. The Bertz CT molecular complexity index is 1290. The Kier molecular flexibility index (Phi) is 4.25. The summed E-state index contributed by atoms with van der Waals surface area (Å²) >= 11 is 0. The summed E-state index contributed by atoms with van der Waals surface area (Å²) in [5.41, 5.74) is 0.749. The van der Waals surface area contributed by atoms with E-state index in [4.69, 9.17) is 0 Å². The number of hydrogen-bond acceptors (Lipinski definition) is 4. The first kappa shape index (κ1) is 17.3. The van der Waals surface area contributed by atoms with Crippen LogP contribution in [-0.4, -0.2) is 20.6 Å². The number of aromatic nitrogens is 2. The molecule has 0 unspecified atom stereocenters. The number of H-pyrrole nitrogens is 1. The molecular weight excluding hydrogens is 358 g/mol. The van der Waals surface area contributed by atoms with Crippen LogP contribution < -0.4 is 16.6 Å². The third kappa shape index (κ3) is 3.16. The summed E-state index contributed by atoms with van der Waals surface area (Å²) in [6, 6.07) is 19.0. The molecule has 0 aliphatic rings. The average Bonchev–Trinajstić information content (AvgIpc) is 2.70. The number of amides is 1. The minimum absolute atomic E-state index is 0.105. The number of aromatic amines is 1. The van der Waals surface area contributed by atoms with E-state index in [2.05, 4.69) is 10.3 Å². The molecule has 0 spiro atoms. The molecule has 7 nitrogen and oxygen atoms in total. The highest BCUT2D eigenvalue weighted by atomic mass is 16.3. The van der Waals surface area contributed by atoms with Crippen LogP contribution in [0.4, 0.5) is 5.69 Å². The van der Waals surface area contributed by atoms with Gasteiger partial charge in [0.2, 0.25) is 0 Å². The zero-order valence-electron chi connectivity index (χ0n) is 14.5. The lowest BCUT2D eigenvalue weighted by molar-refractivity contribution is 0.102. The van der Waals surface area contributed by atoms with Gasteiger partial charge < -0.3 is 15.4 Å². The molecular formula is C21H15N3O4. The second-order valence-electron chi connectivity index (χ2n) is 6.16. The molecule has 0 aliphatic carbocycles. The number of nitrogens with one attached hydrogen (secondary N) is 2. The fourth-order valence-corrected chi connectivity index (χ4v) is 2.91. The third-order valence-corrected chi connectivity index (χ3v) is 4.32. The second-order valence-corrected chi connectivity index (χ2v) is 6.16. The van der Waals surface area contributed by atoms with Gasteiger partial charge in [-0.25, -0.2) is 9.36 Å². The van der Waals surface area contributed by atoms with Crippen LogP contribution >= 0.6 is 0 Å². The summed E-state index contributed by atoms with van der Waals surface area (Å²) in [7, 11) is 0. The summed E-state index contributed by atoms with van der Waals surface area (Å²) in [5, 5.41) is 12.4. The van der Waals surface area contributed by atoms with Crippen molar-refractivity contribution in [2.75, 3.05) is 5.32 Å². The zero-order valence-corrected chi connectivity index (χ0v) is 14.5. The molecule has 3 N–H and O–H groups in total. The maximum Gasteiger partial charge on any atom is 0.333 e. The average molecular weight is 373 g/mol. The third-order valence-electron chi connectivity index (χ3n) is 4.32. The van der Waals surface area contributed by atoms with E-state index >= 15 is 0 Å². The van der Waals surface area contributed by atoms with E-state index in [1.165, 1.54) is 36.4 Å². The van der Waals surface area contributed by atoms with Gasteiger partial charge in [0.1, 0.15) is 5.75 Å². The Hall–Kier alpha value is -4.13. The number of benzene rings is 3. The molecule has 0 atom stereocenters. The number of nitrogens with zero attached hydrogens (tertiary/aromatic N) is 1. The molecule has 1 amide bonds. The van der Waals surface area contributed by atoms with Crippen molar-refractivity contribution in [3.8, 4) is 11.4 Å². The monoisotopic (exact) mass is 373 g/mol. The van der Waals surface area contributed by atoms with E-state index in [0.717, 1.165) is 4.57 Å². The molecule has 0 aliphatic heterocycles. The van der Waals surface area contributed by atoms with E-state index in [1.54, 1.807) is 36.4 Å². The van der Waals surface area contributed by atoms with Crippen LogP contribution in [0.5, 0.6) is 5.75 Å². The predicted octanol–water partition coefficient (Wildman–Crippen LogP) is 2.64. The SMILES string of the molecule is O=C(Nc1ccc(O)cc1)c1ccc(-n2c(=O)[nH]c3ccccc3c2=O)cc1. The molecule has 3 aromatic carbocycles. The van der Waals surface area contributed by atoms with Gasteiger partial charge in [0.15, 0.2) is 0 Å². The first-order valence-electron chi connectivity index (χ1n) is 8.48. The number of anilines is 1. The highest BCUT2D eigenvalue weighted by Gasteiger charge is 2.11. The molecule has 4 aromatic rings. The molecule has 0 radical (unpaired) electrons. The van der Waals surface area contributed by atoms with Crippen molar-refractivity contribution in [3.63, 3.8) is 0 Å². The molecule has 28 heavy (non-hydrogen) atoms. The van der Waals surface area contributed by atoms with Gasteiger partial charge in [-0.2, -0.15) is 0 Å². The van der Waals surface area contributed by atoms with E-state index in [1.807, 2.05) is 0 Å². The quantitative estimate of drug-likeness (QED) is 0.480. The smallest absolute Gasteiger partial charge is 0.333 e. The lowest BCUT2D eigenvalue weighted by Crippen LogP contribution is -2.33. The summed E-state index contributed by atoms with van der Waals surface area (Å²) in [6.45, 7) is 0. The number of phenolic OH excluding ortho intramolecular Hbond substituents is 1. The van der Waals surface area contributed by atoms with Crippen molar-refractivity contribution in [1.82, 2.24) is 9.55 Å². The van der Waals surface area contributed by atoms with Crippen LogP contribution in [0.2, 0.25) is 0 Å². The van der Waals surface area contributed by atoms with Crippen LogP contribution in [0.25, 0.3) is 16.6 Å². The van der Waals surface area contributed by atoms with Gasteiger partial charge in [0.25, 0.3) is 11.5 Å². The molecule has 0 saturated heterocycles. The molecule has 138 valence electrons. The fraction of sp³-hybridized carbons (Fsp3) is 0. The molecule has 1 heterocycles. The number of aromatic hydroxyl groups is 1. The maximum absolute atomic E-state index is 12.7. The molecule has 4 rings (SSSR count). The fourth-order valence-electron chi connectivity index (χ4n) is 2.91. The van der Waals surface area contributed by atoms with E-state index in [0.29, 0.717) is 27.8 Å². The van der Waals surface area contributed by atoms with Crippen molar-refractivity contribution in [2.45, 2.75) is 0 Å². The van der Waals surface area contributed by atoms with Crippen molar-refractivity contribution in [1.29, 1.82) is 0 Å². The zero-order chi connectivity index (χ0) is 19.7. The first-order valence-corrected chi connectivity index (χ1v) is 8.48. The van der Waals surface area contributed by atoms with Gasteiger partial charge in [0, 0.05) is 11.3 Å². The summed E-state index contributed by atoms with van der Waals surface area (Å²) in [6.07, 6.45) is 0. The van der Waals surface area contributed by atoms with Crippen LogP contribution in [0.3, 0.4) is 0 Å². The first-order chi connectivity index (χ1) is 13.5.